The molecule has 1 saturated heterocycles. The van der Waals surface area contributed by atoms with E-state index in [1.54, 1.807) is 12.1 Å². The number of anilines is 1. The smallest absolute Gasteiger partial charge is 0.274 e. The Morgan fingerprint density at radius 1 is 1.39 bits per heavy atom. The molecule has 1 amide bonds. The summed E-state index contributed by atoms with van der Waals surface area (Å²) >= 11 is 7.04. The van der Waals surface area contributed by atoms with Crippen molar-refractivity contribution in [3.63, 3.8) is 0 Å². The number of hydrogen-bond donors (Lipinski definition) is 2. The van der Waals surface area contributed by atoms with Gasteiger partial charge < -0.3 is 15.8 Å². The number of ether oxygens (including phenoxy) is 1. The molecule has 146 valence electrons. The van der Waals surface area contributed by atoms with Crippen LogP contribution in [0.2, 0.25) is 5.02 Å². The summed E-state index contributed by atoms with van der Waals surface area (Å²) in [6.07, 6.45) is 3.16. The van der Waals surface area contributed by atoms with Gasteiger partial charge in [0.05, 0.1) is 5.02 Å². The predicted octanol–water partition coefficient (Wildman–Crippen LogP) is 3.77. The molecule has 1 fully saturated rings. The van der Waals surface area contributed by atoms with E-state index >= 15 is 0 Å². The standard InChI is InChI=1S/C19H18ClFN4O2S/c20-12-3-6-16(23-10-12)17(26)25-13-4-5-15(21)14(8-13)19-11(2-1-7-27-19)9-24-18(22)28-19/h3-6,8,10-11H,1-2,7,9H2,(H2,22,24)(H,25,26)/t11-,19-/m1/s1. The van der Waals surface area contributed by atoms with Crippen LogP contribution in [0.4, 0.5) is 10.1 Å². The van der Waals surface area contributed by atoms with Crippen molar-refractivity contribution in [2.75, 3.05) is 18.5 Å². The molecule has 9 heteroatoms. The zero-order valence-electron chi connectivity index (χ0n) is 14.8. The maximum absolute atomic E-state index is 14.8. The van der Waals surface area contributed by atoms with Gasteiger partial charge >= 0.3 is 0 Å². The highest BCUT2D eigenvalue weighted by Gasteiger charge is 2.49. The highest BCUT2D eigenvalue weighted by atomic mass is 35.5. The monoisotopic (exact) mass is 420 g/mol. The number of hydrogen-bond acceptors (Lipinski definition) is 6. The van der Waals surface area contributed by atoms with Gasteiger partial charge in [-0.2, -0.15) is 0 Å². The predicted molar refractivity (Wildman–Crippen MR) is 108 cm³/mol. The van der Waals surface area contributed by atoms with Crippen LogP contribution in [0.3, 0.4) is 0 Å². The van der Waals surface area contributed by atoms with E-state index < -0.39 is 16.7 Å². The molecule has 3 N–H and O–H groups in total. The number of nitrogens with two attached hydrogens (primary N) is 1. The van der Waals surface area contributed by atoms with E-state index in [0.29, 0.717) is 34.6 Å². The Morgan fingerprint density at radius 2 is 2.25 bits per heavy atom. The highest BCUT2D eigenvalue weighted by Crippen LogP contribution is 2.51. The lowest BCUT2D eigenvalue weighted by Crippen LogP contribution is -2.45. The summed E-state index contributed by atoms with van der Waals surface area (Å²) in [4.78, 5) is 19.8. The zero-order valence-corrected chi connectivity index (χ0v) is 16.4. The lowest BCUT2D eigenvalue weighted by Gasteiger charge is -2.45. The molecule has 0 spiro atoms. The van der Waals surface area contributed by atoms with Crippen molar-refractivity contribution < 1.29 is 13.9 Å². The summed E-state index contributed by atoms with van der Waals surface area (Å²) in [5.74, 6) is -0.807. The second kappa shape index (κ2) is 7.69. The normalized spacial score (nSPS) is 24.2. The molecule has 1 aromatic heterocycles. The average molecular weight is 421 g/mol. The molecular formula is C19H18ClFN4O2S. The van der Waals surface area contributed by atoms with Crippen molar-refractivity contribution in [3.8, 4) is 0 Å². The molecule has 0 radical (unpaired) electrons. The number of aliphatic imine (C=N–C) groups is 1. The number of fused-ring (bicyclic) bond motifs is 1. The van der Waals surface area contributed by atoms with Gasteiger partial charge in [0, 0.05) is 36.5 Å². The van der Waals surface area contributed by atoms with Gasteiger partial charge in [0.15, 0.2) is 10.1 Å². The van der Waals surface area contributed by atoms with Gasteiger partial charge in [0.2, 0.25) is 0 Å². The van der Waals surface area contributed by atoms with Crippen LogP contribution in [0, 0.1) is 11.7 Å². The molecule has 28 heavy (non-hydrogen) atoms. The van der Waals surface area contributed by atoms with E-state index in [-0.39, 0.29) is 11.6 Å². The number of nitrogens with one attached hydrogen (secondary N) is 1. The van der Waals surface area contributed by atoms with E-state index in [1.165, 1.54) is 36.2 Å². The number of aromatic nitrogens is 1. The minimum atomic E-state index is -0.937. The summed E-state index contributed by atoms with van der Waals surface area (Å²) in [5, 5.41) is 3.56. The van der Waals surface area contributed by atoms with Crippen LogP contribution >= 0.6 is 23.4 Å². The number of benzene rings is 1. The summed E-state index contributed by atoms with van der Waals surface area (Å²) in [7, 11) is 0. The summed E-state index contributed by atoms with van der Waals surface area (Å²) < 4.78 is 20.9. The van der Waals surface area contributed by atoms with Crippen LogP contribution in [0.1, 0.15) is 28.9 Å². The van der Waals surface area contributed by atoms with E-state index in [4.69, 9.17) is 22.1 Å². The fourth-order valence-electron chi connectivity index (χ4n) is 3.50. The summed E-state index contributed by atoms with van der Waals surface area (Å²) in [6.45, 7) is 1.01. The van der Waals surface area contributed by atoms with Crippen LogP contribution in [0.15, 0.2) is 41.5 Å². The Balaban J connectivity index is 1.66. The molecule has 0 unspecified atom stereocenters. The molecule has 6 nitrogen and oxygen atoms in total. The van der Waals surface area contributed by atoms with Crippen molar-refractivity contribution in [2.24, 2.45) is 16.6 Å². The first-order valence-electron chi connectivity index (χ1n) is 8.84. The quantitative estimate of drug-likeness (QED) is 0.788. The third-order valence-corrected chi connectivity index (χ3v) is 6.37. The van der Waals surface area contributed by atoms with Gasteiger partial charge in [0.1, 0.15) is 11.5 Å². The van der Waals surface area contributed by atoms with E-state index in [2.05, 4.69) is 15.3 Å². The molecular weight excluding hydrogens is 403 g/mol. The van der Waals surface area contributed by atoms with E-state index in [1.807, 2.05) is 0 Å². The third-order valence-electron chi connectivity index (χ3n) is 4.83. The maximum Gasteiger partial charge on any atom is 0.274 e. The Morgan fingerprint density at radius 3 is 3.04 bits per heavy atom. The molecule has 2 atom stereocenters. The molecule has 0 saturated carbocycles. The van der Waals surface area contributed by atoms with Crippen LogP contribution < -0.4 is 11.1 Å². The van der Waals surface area contributed by atoms with Gasteiger partial charge in [-0.3, -0.25) is 9.79 Å². The van der Waals surface area contributed by atoms with Crippen LogP contribution in [0.25, 0.3) is 0 Å². The molecule has 2 aromatic rings. The van der Waals surface area contributed by atoms with Gasteiger partial charge in [-0.25, -0.2) is 9.37 Å². The molecule has 3 heterocycles. The second-order valence-electron chi connectivity index (χ2n) is 6.65. The van der Waals surface area contributed by atoms with Crippen LogP contribution in [0.5, 0.6) is 0 Å². The van der Waals surface area contributed by atoms with Crippen molar-refractivity contribution in [1.29, 1.82) is 0 Å². The fraction of sp³-hybridized carbons (Fsp3) is 0.316. The number of amidine groups is 1. The SMILES string of the molecule is NC1=NC[C@H]2CCCO[C@@]2(c2cc(NC(=O)c3ccc(Cl)cn3)ccc2F)S1. The van der Waals surface area contributed by atoms with Gasteiger partial charge in [0.25, 0.3) is 5.91 Å². The lowest BCUT2D eigenvalue weighted by atomic mass is 9.88. The summed E-state index contributed by atoms with van der Waals surface area (Å²) in [5.41, 5.74) is 6.96. The van der Waals surface area contributed by atoms with Crippen molar-refractivity contribution >= 4 is 40.1 Å². The first kappa shape index (κ1) is 19.2. The zero-order chi connectivity index (χ0) is 19.7. The number of amides is 1. The molecule has 4 rings (SSSR count). The fourth-order valence-corrected chi connectivity index (χ4v) is 4.83. The Hall–Kier alpha value is -2.16. The largest absolute Gasteiger partial charge is 0.378 e. The minimum absolute atomic E-state index is 0.0110. The van der Waals surface area contributed by atoms with E-state index in [0.717, 1.165) is 12.8 Å². The Kier molecular flexibility index (Phi) is 5.27. The summed E-state index contributed by atoms with van der Waals surface area (Å²) in [6, 6.07) is 7.54. The molecule has 2 aliphatic rings. The molecule has 0 aliphatic carbocycles. The van der Waals surface area contributed by atoms with E-state index in [9.17, 15) is 9.18 Å². The first-order chi connectivity index (χ1) is 13.5. The number of halogens is 2. The Bertz CT molecular complexity index is 940. The minimum Gasteiger partial charge on any atom is -0.378 e. The van der Waals surface area contributed by atoms with Crippen LogP contribution in [-0.4, -0.2) is 29.2 Å². The molecule has 0 bridgehead atoms. The van der Waals surface area contributed by atoms with Crippen molar-refractivity contribution in [3.05, 3.63) is 58.6 Å². The van der Waals surface area contributed by atoms with Crippen LogP contribution in [-0.2, 0) is 9.67 Å². The number of pyridine rings is 1. The third kappa shape index (κ3) is 3.59. The van der Waals surface area contributed by atoms with Gasteiger partial charge in [-0.15, -0.1) is 0 Å². The molecule has 1 aromatic carbocycles. The van der Waals surface area contributed by atoms with Gasteiger partial charge in [-0.05, 0) is 54.9 Å². The number of thioether (sulfide) groups is 1. The van der Waals surface area contributed by atoms with Crippen molar-refractivity contribution in [2.45, 2.75) is 17.8 Å². The Labute approximate surface area is 170 Å². The van der Waals surface area contributed by atoms with Crippen molar-refractivity contribution in [1.82, 2.24) is 4.98 Å². The highest BCUT2D eigenvalue weighted by molar-refractivity contribution is 8.14. The average Bonchev–Trinajstić information content (AvgIpc) is 2.69. The first-order valence-corrected chi connectivity index (χ1v) is 10.0. The maximum atomic E-state index is 14.8. The molecule has 2 aliphatic heterocycles. The number of carbonyl (C=O) groups excluding carboxylic acids is 1. The number of carbonyl (C=O) groups is 1. The number of nitrogens with zero attached hydrogens (tertiary/aromatic N) is 2. The lowest BCUT2D eigenvalue weighted by molar-refractivity contribution is -0.0561. The number of rotatable bonds is 3. The second-order valence-corrected chi connectivity index (χ2v) is 8.31. The topological polar surface area (TPSA) is 89.6 Å². The van der Waals surface area contributed by atoms with Gasteiger partial charge in [-0.1, -0.05) is 11.6 Å².